The third-order valence-electron chi connectivity index (χ3n) is 5.38. The van der Waals surface area contributed by atoms with E-state index in [1.54, 1.807) is 0 Å². The SMILES string of the molecule is Cc1nc2ccc3ccccc3c2nc1-c1ccc2oc3ccccc3c2c1. The normalized spacial score (nSPS) is 11.8. The zero-order chi connectivity index (χ0) is 18.7. The van der Waals surface area contributed by atoms with Crippen LogP contribution in [0.2, 0.25) is 0 Å². The molecule has 6 rings (SSSR count). The summed E-state index contributed by atoms with van der Waals surface area (Å²) in [6.07, 6.45) is 0. The monoisotopic (exact) mass is 360 g/mol. The van der Waals surface area contributed by atoms with Crippen LogP contribution in [-0.4, -0.2) is 9.97 Å². The number of hydrogen-bond acceptors (Lipinski definition) is 3. The van der Waals surface area contributed by atoms with E-state index in [-0.39, 0.29) is 0 Å². The van der Waals surface area contributed by atoms with Crippen molar-refractivity contribution in [1.82, 2.24) is 9.97 Å². The minimum absolute atomic E-state index is 0.891. The Kier molecular flexibility index (Phi) is 3.09. The van der Waals surface area contributed by atoms with E-state index in [4.69, 9.17) is 14.4 Å². The highest BCUT2D eigenvalue weighted by atomic mass is 16.3. The Hall–Kier alpha value is -3.72. The van der Waals surface area contributed by atoms with Gasteiger partial charge in [-0.3, -0.25) is 0 Å². The summed E-state index contributed by atoms with van der Waals surface area (Å²) in [5.74, 6) is 0. The van der Waals surface area contributed by atoms with Crippen molar-refractivity contribution in [1.29, 1.82) is 0 Å². The lowest BCUT2D eigenvalue weighted by Gasteiger charge is -2.09. The number of rotatable bonds is 1. The average molecular weight is 360 g/mol. The third-order valence-corrected chi connectivity index (χ3v) is 5.38. The van der Waals surface area contributed by atoms with Gasteiger partial charge in [0.15, 0.2) is 0 Å². The van der Waals surface area contributed by atoms with Crippen molar-refractivity contribution >= 4 is 43.7 Å². The van der Waals surface area contributed by atoms with Gasteiger partial charge in [-0.25, -0.2) is 9.97 Å². The average Bonchev–Trinajstić information content (AvgIpc) is 3.11. The Morgan fingerprint density at radius 3 is 2.39 bits per heavy atom. The quantitative estimate of drug-likeness (QED) is 0.308. The first kappa shape index (κ1) is 15.3. The van der Waals surface area contributed by atoms with Gasteiger partial charge in [-0.15, -0.1) is 0 Å². The molecule has 3 nitrogen and oxygen atoms in total. The summed E-state index contributed by atoms with van der Waals surface area (Å²) in [6.45, 7) is 2.02. The smallest absolute Gasteiger partial charge is 0.135 e. The number of aromatic nitrogens is 2. The summed E-state index contributed by atoms with van der Waals surface area (Å²) in [5, 5.41) is 4.53. The molecule has 2 heterocycles. The van der Waals surface area contributed by atoms with E-state index in [0.717, 1.165) is 55.3 Å². The maximum Gasteiger partial charge on any atom is 0.135 e. The van der Waals surface area contributed by atoms with E-state index in [1.165, 1.54) is 5.39 Å². The van der Waals surface area contributed by atoms with Crippen LogP contribution in [0.1, 0.15) is 5.69 Å². The second kappa shape index (κ2) is 5.64. The van der Waals surface area contributed by atoms with Crippen molar-refractivity contribution in [2.24, 2.45) is 0 Å². The molecule has 0 amide bonds. The van der Waals surface area contributed by atoms with E-state index < -0.39 is 0 Å². The van der Waals surface area contributed by atoms with Gasteiger partial charge in [0.2, 0.25) is 0 Å². The van der Waals surface area contributed by atoms with Gasteiger partial charge in [-0.2, -0.15) is 0 Å². The highest BCUT2D eigenvalue weighted by Crippen LogP contribution is 2.33. The fourth-order valence-corrected chi connectivity index (χ4v) is 4.02. The predicted molar refractivity (Wildman–Crippen MR) is 114 cm³/mol. The Morgan fingerprint density at radius 2 is 1.46 bits per heavy atom. The minimum Gasteiger partial charge on any atom is -0.456 e. The van der Waals surface area contributed by atoms with Gasteiger partial charge in [0.05, 0.1) is 22.4 Å². The van der Waals surface area contributed by atoms with Crippen LogP contribution in [0.5, 0.6) is 0 Å². The maximum absolute atomic E-state index is 5.97. The zero-order valence-electron chi connectivity index (χ0n) is 15.3. The van der Waals surface area contributed by atoms with Crippen LogP contribution in [0.25, 0.3) is 55.0 Å². The van der Waals surface area contributed by atoms with E-state index in [2.05, 4.69) is 42.5 Å². The summed E-state index contributed by atoms with van der Waals surface area (Å²) in [7, 11) is 0. The molecular formula is C25H16N2O. The number of furan rings is 1. The third kappa shape index (κ3) is 2.16. The fraction of sp³-hybridized carbons (Fsp3) is 0.0400. The number of fused-ring (bicyclic) bond motifs is 6. The van der Waals surface area contributed by atoms with Crippen LogP contribution in [0.3, 0.4) is 0 Å². The first-order valence-electron chi connectivity index (χ1n) is 9.36. The Morgan fingerprint density at radius 1 is 0.679 bits per heavy atom. The predicted octanol–water partition coefficient (Wildman–Crippen LogP) is 6.66. The topological polar surface area (TPSA) is 38.9 Å². The van der Waals surface area contributed by atoms with Gasteiger partial charge in [0.1, 0.15) is 11.2 Å². The molecular weight excluding hydrogens is 344 g/mol. The van der Waals surface area contributed by atoms with Crippen LogP contribution >= 0.6 is 0 Å². The molecule has 0 aliphatic heterocycles. The van der Waals surface area contributed by atoms with Gasteiger partial charge >= 0.3 is 0 Å². The standard InChI is InChI=1S/C25H16N2O/c1-15-24(27-25-18-7-3-2-6-16(18)10-12-21(25)26-15)17-11-13-23-20(14-17)19-8-4-5-9-22(19)28-23/h2-14H,1H3. The molecule has 0 spiro atoms. The highest BCUT2D eigenvalue weighted by molar-refractivity contribution is 6.07. The van der Waals surface area contributed by atoms with Crippen molar-refractivity contribution in [3.05, 3.63) is 84.6 Å². The van der Waals surface area contributed by atoms with Gasteiger partial charge in [0, 0.05) is 21.7 Å². The molecule has 0 atom stereocenters. The molecule has 2 aromatic heterocycles. The van der Waals surface area contributed by atoms with Crippen LogP contribution in [0.15, 0.2) is 83.3 Å². The fourth-order valence-electron chi connectivity index (χ4n) is 4.02. The molecule has 6 aromatic rings. The van der Waals surface area contributed by atoms with E-state index >= 15 is 0 Å². The molecule has 0 bridgehead atoms. The molecule has 28 heavy (non-hydrogen) atoms. The van der Waals surface area contributed by atoms with Crippen LogP contribution < -0.4 is 0 Å². The summed E-state index contributed by atoms with van der Waals surface area (Å²) < 4.78 is 5.97. The molecule has 4 aromatic carbocycles. The van der Waals surface area contributed by atoms with E-state index in [0.29, 0.717) is 0 Å². The lowest BCUT2D eigenvalue weighted by atomic mass is 10.0. The maximum atomic E-state index is 5.97. The number of para-hydroxylation sites is 1. The van der Waals surface area contributed by atoms with Crippen molar-refractivity contribution < 1.29 is 4.42 Å². The second-order valence-corrected chi connectivity index (χ2v) is 7.12. The van der Waals surface area contributed by atoms with Crippen molar-refractivity contribution in [3.8, 4) is 11.3 Å². The summed E-state index contributed by atoms with van der Waals surface area (Å²) in [4.78, 5) is 9.90. The Labute approximate surface area is 161 Å². The zero-order valence-corrected chi connectivity index (χ0v) is 15.3. The van der Waals surface area contributed by atoms with Crippen LogP contribution in [-0.2, 0) is 0 Å². The summed E-state index contributed by atoms with van der Waals surface area (Å²) in [5.41, 5.74) is 6.55. The lowest BCUT2D eigenvalue weighted by Crippen LogP contribution is -1.95. The van der Waals surface area contributed by atoms with Crippen LogP contribution in [0, 0.1) is 6.92 Å². The molecule has 0 radical (unpaired) electrons. The molecule has 0 aliphatic carbocycles. The molecule has 0 N–H and O–H groups in total. The van der Waals surface area contributed by atoms with Gasteiger partial charge in [-0.05, 0) is 42.6 Å². The molecule has 132 valence electrons. The summed E-state index contributed by atoms with van der Waals surface area (Å²) in [6, 6.07) is 26.9. The van der Waals surface area contributed by atoms with E-state index in [1.807, 2.05) is 43.3 Å². The van der Waals surface area contributed by atoms with Crippen molar-refractivity contribution in [3.63, 3.8) is 0 Å². The number of aryl methyl sites for hydroxylation is 1. The van der Waals surface area contributed by atoms with Gasteiger partial charge in [-0.1, -0.05) is 48.5 Å². The first-order valence-corrected chi connectivity index (χ1v) is 9.36. The Bertz CT molecular complexity index is 1530. The lowest BCUT2D eigenvalue weighted by molar-refractivity contribution is 0.669. The number of hydrogen-bond donors (Lipinski definition) is 0. The molecule has 0 unspecified atom stereocenters. The van der Waals surface area contributed by atoms with Gasteiger partial charge in [0.25, 0.3) is 0 Å². The molecule has 0 saturated heterocycles. The number of benzene rings is 4. The molecule has 0 aliphatic rings. The van der Waals surface area contributed by atoms with Crippen LogP contribution in [0.4, 0.5) is 0 Å². The highest BCUT2D eigenvalue weighted by Gasteiger charge is 2.13. The largest absolute Gasteiger partial charge is 0.456 e. The molecule has 0 saturated carbocycles. The van der Waals surface area contributed by atoms with Crippen molar-refractivity contribution in [2.45, 2.75) is 6.92 Å². The minimum atomic E-state index is 0.891. The summed E-state index contributed by atoms with van der Waals surface area (Å²) >= 11 is 0. The Balaban J connectivity index is 1.66. The molecule has 3 heteroatoms. The first-order chi connectivity index (χ1) is 13.8. The molecule has 0 fully saturated rings. The van der Waals surface area contributed by atoms with E-state index in [9.17, 15) is 0 Å². The van der Waals surface area contributed by atoms with Gasteiger partial charge < -0.3 is 4.42 Å². The second-order valence-electron chi connectivity index (χ2n) is 7.12. The number of nitrogens with zero attached hydrogens (tertiary/aromatic N) is 2. The van der Waals surface area contributed by atoms with Crippen molar-refractivity contribution in [2.75, 3.05) is 0 Å².